The van der Waals surface area contributed by atoms with Crippen molar-refractivity contribution in [1.82, 2.24) is 0 Å². The summed E-state index contributed by atoms with van der Waals surface area (Å²) < 4.78 is 5.14. The molecule has 3 heteroatoms. The van der Waals surface area contributed by atoms with E-state index in [-0.39, 0.29) is 24.4 Å². The number of hydrogen-bond donors (Lipinski definition) is 1. The molecule has 0 aliphatic heterocycles. The molecule has 1 N–H and O–H groups in total. The molecule has 0 bridgehead atoms. The number of ether oxygens (including phenoxy) is 1. The first kappa shape index (κ1) is 9.52. The van der Waals surface area contributed by atoms with Crippen molar-refractivity contribution in [3.8, 4) is 0 Å². The lowest BCUT2D eigenvalue weighted by Crippen LogP contribution is -2.25. The second kappa shape index (κ2) is 3.05. The Bertz CT molecular complexity index is 181. The molecule has 1 aliphatic rings. The number of carbonyl (C=O) groups is 1. The highest BCUT2D eigenvalue weighted by Gasteiger charge is 2.44. The third-order valence-corrected chi connectivity index (χ3v) is 1.87. The van der Waals surface area contributed by atoms with Crippen LogP contribution in [0, 0.1) is 11.8 Å². The van der Waals surface area contributed by atoms with Crippen molar-refractivity contribution in [3.63, 3.8) is 0 Å². The molecule has 1 rings (SSSR count). The van der Waals surface area contributed by atoms with Gasteiger partial charge in [-0.25, -0.2) is 0 Å². The number of carbonyl (C=O) groups excluding carboxylic acids is 1. The van der Waals surface area contributed by atoms with Crippen molar-refractivity contribution in [1.29, 1.82) is 0 Å². The molecule has 1 saturated carbocycles. The van der Waals surface area contributed by atoms with Gasteiger partial charge in [-0.05, 0) is 33.1 Å². The zero-order chi connectivity index (χ0) is 9.35. The van der Waals surface area contributed by atoms with Crippen LogP contribution in [0.3, 0.4) is 0 Å². The summed E-state index contributed by atoms with van der Waals surface area (Å²) in [7, 11) is 0. The van der Waals surface area contributed by atoms with E-state index >= 15 is 0 Å². The van der Waals surface area contributed by atoms with E-state index in [9.17, 15) is 4.79 Å². The van der Waals surface area contributed by atoms with Crippen LogP contribution in [-0.4, -0.2) is 23.3 Å². The second-order valence-corrected chi connectivity index (χ2v) is 4.32. The molecule has 0 aromatic carbocycles. The van der Waals surface area contributed by atoms with Crippen molar-refractivity contribution >= 4 is 5.97 Å². The van der Waals surface area contributed by atoms with Gasteiger partial charge in [-0.1, -0.05) is 0 Å². The SMILES string of the molecule is CC(C)(C)OC(=O)[C@@H]1C[C@@H]1CO. The van der Waals surface area contributed by atoms with Crippen LogP contribution in [-0.2, 0) is 9.53 Å². The Morgan fingerprint density at radius 3 is 2.50 bits per heavy atom. The van der Waals surface area contributed by atoms with E-state index < -0.39 is 5.60 Å². The molecule has 70 valence electrons. The van der Waals surface area contributed by atoms with Crippen LogP contribution >= 0.6 is 0 Å². The van der Waals surface area contributed by atoms with Crippen molar-refractivity contribution in [2.24, 2.45) is 11.8 Å². The van der Waals surface area contributed by atoms with Crippen LogP contribution in [0.4, 0.5) is 0 Å². The Morgan fingerprint density at radius 2 is 2.17 bits per heavy atom. The highest BCUT2D eigenvalue weighted by Crippen LogP contribution is 2.39. The molecule has 12 heavy (non-hydrogen) atoms. The fraction of sp³-hybridized carbons (Fsp3) is 0.889. The molecule has 0 heterocycles. The Labute approximate surface area is 72.7 Å². The van der Waals surface area contributed by atoms with E-state index in [4.69, 9.17) is 9.84 Å². The van der Waals surface area contributed by atoms with Gasteiger partial charge in [0.25, 0.3) is 0 Å². The average Bonchev–Trinajstić information content (AvgIpc) is 2.60. The third kappa shape index (κ3) is 2.48. The number of hydrogen-bond acceptors (Lipinski definition) is 3. The van der Waals surface area contributed by atoms with Gasteiger partial charge in [0.2, 0.25) is 0 Å². The minimum atomic E-state index is -0.403. The van der Waals surface area contributed by atoms with Gasteiger partial charge in [0.15, 0.2) is 0 Å². The maximum Gasteiger partial charge on any atom is 0.309 e. The Kier molecular flexibility index (Phi) is 2.42. The Balaban J connectivity index is 2.32. The maximum absolute atomic E-state index is 11.3. The number of rotatable bonds is 2. The van der Waals surface area contributed by atoms with Crippen molar-refractivity contribution < 1.29 is 14.6 Å². The topological polar surface area (TPSA) is 46.5 Å². The van der Waals surface area contributed by atoms with E-state index in [1.807, 2.05) is 20.8 Å². The molecule has 3 nitrogen and oxygen atoms in total. The second-order valence-electron chi connectivity index (χ2n) is 4.32. The Morgan fingerprint density at radius 1 is 1.58 bits per heavy atom. The van der Waals surface area contributed by atoms with E-state index in [0.29, 0.717) is 0 Å². The van der Waals surface area contributed by atoms with Gasteiger partial charge in [-0.3, -0.25) is 4.79 Å². The van der Waals surface area contributed by atoms with Crippen molar-refractivity contribution in [3.05, 3.63) is 0 Å². The summed E-state index contributed by atoms with van der Waals surface area (Å²) in [5, 5.41) is 8.72. The summed E-state index contributed by atoms with van der Waals surface area (Å²) >= 11 is 0. The monoisotopic (exact) mass is 172 g/mol. The van der Waals surface area contributed by atoms with Gasteiger partial charge in [0.05, 0.1) is 5.92 Å². The zero-order valence-electron chi connectivity index (χ0n) is 7.83. The van der Waals surface area contributed by atoms with E-state index in [1.165, 1.54) is 0 Å². The van der Waals surface area contributed by atoms with Crippen LogP contribution in [0.5, 0.6) is 0 Å². The predicted octanol–water partition coefficient (Wildman–Crippen LogP) is 0.956. The van der Waals surface area contributed by atoms with Crippen LogP contribution in [0.1, 0.15) is 27.2 Å². The van der Waals surface area contributed by atoms with E-state index in [0.717, 1.165) is 6.42 Å². The molecule has 0 radical (unpaired) electrons. The molecule has 0 unspecified atom stereocenters. The van der Waals surface area contributed by atoms with Crippen LogP contribution in [0.2, 0.25) is 0 Å². The van der Waals surface area contributed by atoms with Crippen LogP contribution in [0.25, 0.3) is 0 Å². The van der Waals surface area contributed by atoms with E-state index in [1.54, 1.807) is 0 Å². The van der Waals surface area contributed by atoms with Gasteiger partial charge in [0, 0.05) is 6.61 Å². The summed E-state index contributed by atoms with van der Waals surface area (Å²) in [5.41, 5.74) is -0.403. The average molecular weight is 172 g/mol. The molecule has 1 aliphatic carbocycles. The first-order valence-electron chi connectivity index (χ1n) is 4.28. The minimum absolute atomic E-state index is 0.0470. The fourth-order valence-corrected chi connectivity index (χ4v) is 1.12. The van der Waals surface area contributed by atoms with Crippen molar-refractivity contribution in [2.75, 3.05) is 6.61 Å². The molecular weight excluding hydrogens is 156 g/mol. The van der Waals surface area contributed by atoms with Gasteiger partial charge in [0.1, 0.15) is 5.60 Å². The molecule has 2 atom stereocenters. The Hall–Kier alpha value is -0.570. The first-order chi connectivity index (χ1) is 5.44. The summed E-state index contributed by atoms with van der Waals surface area (Å²) in [6, 6.07) is 0. The number of aliphatic hydroxyl groups is 1. The van der Waals surface area contributed by atoms with Gasteiger partial charge in [-0.15, -0.1) is 0 Å². The smallest absolute Gasteiger partial charge is 0.309 e. The largest absolute Gasteiger partial charge is 0.460 e. The number of aliphatic hydroxyl groups excluding tert-OH is 1. The predicted molar refractivity (Wildman–Crippen MR) is 44.5 cm³/mol. The van der Waals surface area contributed by atoms with E-state index in [2.05, 4.69) is 0 Å². The van der Waals surface area contributed by atoms with Gasteiger partial charge in [-0.2, -0.15) is 0 Å². The normalized spacial score (nSPS) is 28.3. The quantitative estimate of drug-likeness (QED) is 0.631. The van der Waals surface area contributed by atoms with Gasteiger partial charge >= 0.3 is 5.97 Å². The zero-order valence-corrected chi connectivity index (χ0v) is 7.83. The summed E-state index contributed by atoms with van der Waals surface area (Å²) in [6.07, 6.45) is 0.783. The lowest BCUT2D eigenvalue weighted by atomic mass is 10.2. The van der Waals surface area contributed by atoms with Crippen LogP contribution in [0.15, 0.2) is 0 Å². The lowest BCUT2D eigenvalue weighted by Gasteiger charge is -2.19. The maximum atomic E-state index is 11.3. The van der Waals surface area contributed by atoms with Crippen LogP contribution < -0.4 is 0 Å². The molecule has 0 amide bonds. The highest BCUT2D eigenvalue weighted by molar-refractivity contribution is 5.76. The standard InChI is InChI=1S/C9H16O3/c1-9(2,3)12-8(11)7-4-6(7)5-10/h6-7,10H,4-5H2,1-3H3/t6-,7-/m1/s1. The summed E-state index contributed by atoms with van der Waals surface area (Å²) in [4.78, 5) is 11.3. The lowest BCUT2D eigenvalue weighted by molar-refractivity contribution is -0.157. The summed E-state index contributed by atoms with van der Waals surface area (Å²) in [5.74, 6) is -0.0596. The molecule has 0 saturated heterocycles. The molecule has 0 aromatic heterocycles. The minimum Gasteiger partial charge on any atom is -0.460 e. The third-order valence-electron chi connectivity index (χ3n) is 1.87. The van der Waals surface area contributed by atoms with Gasteiger partial charge < -0.3 is 9.84 Å². The fourth-order valence-electron chi connectivity index (χ4n) is 1.12. The molecule has 0 spiro atoms. The first-order valence-corrected chi connectivity index (χ1v) is 4.28. The molecule has 1 fully saturated rings. The summed E-state index contributed by atoms with van der Waals surface area (Å²) in [6.45, 7) is 5.65. The van der Waals surface area contributed by atoms with Crippen molar-refractivity contribution in [2.45, 2.75) is 32.8 Å². The number of esters is 1. The highest BCUT2D eigenvalue weighted by atomic mass is 16.6. The molecule has 0 aromatic rings. The molecular formula is C9H16O3.